The fraction of sp³-hybridized carbons (Fsp3) is 0.500. The number of carbonyl (C=O) groups is 2. The molecule has 1 aliphatic rings. The Kier molecular flexibility index (Phi) is 5.20. The first kappa shape index (κ1) is 15.4. The summed E-state index contributed by atoms with van der Waals surface area (Å²) in [6, 6.07) is 7.35. The number of amides is 1. The normalized spacial score (nSPS) is 16.4. The summed E-state index contributed by atoms with van der Waals surface area (Å²) < 4.78 is 5.08. The number of nitrogen functional groups attached to an aromatic ring is 1. The zero-order valence-corrected chi connectivity index (χ0v) is 12.3. The number of rotatable bonds is 5. The summed E-state index contributed by atoms with van der Waals surface area (Å²) in [5, 5.41) is 2.89. The summed E-state index contributed by atoms with van der Waals surface area (Å²) in [4.78, 5) is 23.7. The quantitative estimate of drug-likeness (QED) is 0.641. The maximum absolute atomic E-state index is 12.0. The first-order chi connectivity index (χ1) is 10.1. The van der Waals surface area contributed by atoms with E-state index in [-0.39, 0.29) is 18.6 Å². The van der Waals surface area contributed by atoms with Gasteiger partial charge in [-0.25, -0.2) is 0 Å². The van der Waals surface area contributed by atoms with Crippen LogP contribution in [0.15, 0.2) is 24.3 Å². The topological polar surface area (TPSA) is 81.4 Å². The zero-order valence-electron chi connectivity index (χ0n) is 12.3. The van der Waals surface area contributed by atoms with E-state index in [1.165, 1.54) is 0 Å². The number of anilines is 1. The van der Waals surface area contributed by atoms with Gasteiger partial charge in [0.1, 0.15) is 0 Å². The van der Waals surface area contributed by atoms with Gasteiger partial charge in [0.05, 0.1) is 5.92 Å². The summed E-state index contributed by atoms with van der Waals surface area (Å²) in [7, 11) is 0. The van der Waals surface area contributed by atoms with Gasteiger partial charge in [0.15, 0.2) is 6.61 Å². The van der Waals surface area contributed by atoms with Crippen molar-refractivity contribution < 1.29 is 14.3 Å². The molecule has 114 valence electrons. The molecule has 1 aromatic rings. The standard InChI is InChI=1S/C16H22N2O3/c1-11(12-5-4-6-13(17)9-12)16(20)21-10-15(19)18-14-7-2-3-8-14/h4-6,9,11,14H,2-3,7-8,10,17H2,1H3,(H,18,19). The van der Waals surface area contributed by atoms with Crippen molar-refractivity contribution in [3.8, 4) is 0 Å². The van der Waals surface area contributed by atoms with Crippen LogP contribution in [0.5, 0.6) is 0 Å². The van der Waals surface area contributed by atoms with Crippen LogP contribution in [0.1, 0.15) is 44.1 Å². The van der Waals surface area contributed by atoms with Gasteiger partial charge in [-0.15, -0.1) is 0 Å². The van der Waals surface area contributed by atoms with E-state index in [0.717, 1.165) is 31.2 Å². The van der Waals surface area contributed by atoms with E-state index in [0.29, 0.717) is 5.69 Å². The van der Waals surface area contributed by atoms with Crippen LogP contribution in [0, 0.1) is 0 Å². The van der Waals surface area contributed by atoms with E-state index in [4.69, 9.17) is 10.5 Å². The molecule has 5 heteroatoms. The van der Waals surface area contributed by atoms with Crippen molar-refractivity contribution in [1.29, 1.82) is 0 Å². The monoisotopic (exact) mass is 290 g/mol. The maximum Gasteiger partial charge on any atom is 0.313 e. The highest BCUT2D eigenvalue weighted by molar-refractivity contribution is 5.83. The molecule has 2 rings (SSSR count). The molecule has 0 saturated heterocycles. The number of hydrogen-bond acceptors (Lipinski definition) is 4. The third-order valence-corrected chi connectivity index (χ3v) is 3.83. The molecule has 0 spiro atoms. The number of ether oxygens (including phenoxy) is 1. The van der Waals surface area contributed by atoms with Crippen molar-refractivity contribution in [2.45, 2.75) is 44.6 Å². The van der Waals surface area contributed by atoms with Crippen molar-refractivity contribution in [2.24, 2.45) is 0 Å². The van der Waals surface area contributed by atoms with Crippen molar-refractivity contribution in [3.05, 3.63) is 29.8 Å². The van der Waals surface area contributed by atoms with Gasteiger partial charge < -0.3 is 15.8 Å². The predicted molar refractivity (Wildman–Crippen MR) is 80.6 cm³/mol. The molecule has 0 radical (unpaired) electrons. The van der Waals surface area contributed by atoms with Gasteiger partial charge in [-0.1, -0.05) is 25.0 Å². The molecule has 1 amide bonds. The lowest BCUT2D eigenvalue weighted by Crippen LogP contribution is -2.36. The fourth-order valence-corrected chi connectivity index (χ4v) is 2.57. The van der Waals surface area contributed by atoms with Gasteiger partial charge in [0.25, 0.3) is 5.91 Å². The number of carbonyl (C=O) groups excluding carboxylic acids is 2. The van der Waals surface area contributed by atoms with Crippen molar-refractivity contribution in [1.82, 2.24) is 5.32 Å². The third-order valence-electron chi connectivity index (χ3n) is 3.83. The summed E-state index contributed by atoms with van der Waals surface area (Å²) in [5.41, 5.74) is 7.08. The minimum Gasteiger partial charge on any atom is -0.455 e. The number of nitrogens with one attached hydrogen (secondary N) is 1. The van der Waals surface area contributed by atoms with Crippen LogP contribution in [-0.4, -0.2) is 24.5 Å². The Labute approximate surface area is 124 Å². The number of benzene rings is 1. The third kappa shape index (κ3) is 4.48. The van der Waals surface area contributed by atoms with Gasteiger partial charge in [0.2, 0.25) is 0 Å². The Morgan fingerprint density at radius 2 is 2.10 bits per heavy atom. The van der Waals surface area contributed by atoms with Crippen LogP contribution in [0.4, 0.5) is 5.69 Å². The first-order valence-corrected chi connectivity index (χ1v) is 7.37. The predicted octanol–water partition coefficient (Wildman–Crippen LogP) is 1.97. The highest BCUT2D eigenvalue weighted by atomic mass is 16.5. The molecule has 0 aromatic heterocycles. The lowest BCUT2D eigenvalue weighted by atomic mass is 10.0. The van der Waals surface area contributed by atoms with Gasteiger partial charge in [-0.3, -0.25) is 9.59 Å². The van der Waals surface area contributed by atoms with Crippen LogP contribution in [0.2, 0.25) is 0 Å². The molecule has 1 aliphatic carbocycles. The lowest BCUT2D eigenvalue weighted by Gasteiger charge is -2.14. The summed E-state index contributed by atoms with van der Waals surface area (Å²) >= 11 is 0. The molecular weight excluding hydrogens is 268 g/mol. The molecule has 0 aliphatic heterocycles. The average Bonchev–Trinajstić information content (AvgIpc) is 2.96. The van der Waals surface area contributed by atoms with Gasteiger partial charge >= 0.3 is 5.97 Å². The molecule has 21 heavy (non-hydrogen) atoms. The van der Waals surface area contributed by atoms with Crippen LogP contribution in [-0.2, 0) is 14.3 Å². The van der Waals surface area contributed by atoms with E-state index >= 15 is 0 Å². The molecule has 1 atom stereocenters. The van der Waals surface area contributed by atoms with E-state index in [1.807, 2.05) is 6.07 Å². The second-order valence-corrected chi connectivity index (χ2v) is 5.55. The zero-order chi connectivity index (χ0) is 15.2. The molecule has 1 saturated carbocycles. The van der Waals surface area contributed by atoms with E-state index in [9.17, 15) is 9.59 Å². The Morgan fingerprint density at radius 3 is 2.76 bits per heavy atom. The first-order valence-electron chi connectivity index (χ1n) is 7.37. The average molecular weight is 290 g/mol. The van der Waals surface area contributed by atoms with Gasteiger partial charge in [0, 0.05) is 11.7 Å². The summed E-state index contributed by atoms with van der Waals surface area (Å²) in [6.07, 6.45) is 4.33. The van der Waals surface area contributed by atoms with E-state index in [1.54, 1.807) is 25.1 Å². The molecule has 1 fully saturated rings. The summed E-state index contributed by atoms with van der Waals surface area (Å²) in [5.74, 6) is -1.08. The second-order valence-electron chi connectivity index (χ2n) is 5.55. The van der Waals surface area contributed by atoms with E-state index in [2.05, 4.69) is 5.32 Å². The van der Waals surface area contributed by atoms with E-state index < -0.39 is 11.9 Å². The van der Waals surface area contributed by atoms with Crippen LogP contribution < -0.4 is 11.1 Å². The molecule has 0 bridgehead atoms. The summed E-state index contributed by atoms with van der Waals surface area (Å²) in [6.45, 7) is 1.52. The van der Waals surface area contributed by atoms with Crippen LogP contribution in [0.3, 0.4) is 0 Å². The Hall–Kier alpha value is -2.04. The highest BCUT2D eigenvalue weighted by Crippen LogP contribution is 2.19. The fourth-order valence-electron chi connectivity index (χ4n) is 2.57. The van der Waals surface area contributed by atoms with Crippen molar-refractivity contribution >= 4 is 17.6 Å². The molecule has 1 unspecified atom stereocenters. The maximum atomic E-state index is 12.0. The number of nitrogens with two attached hydrogens (primary N) is 1. The lowest BCUT2D eigenvalue weighted by molar-refractivity contribution is -0.149. The molecule has 3 N–H and O–H groups in total. The van der Waals surface area contributed by atoms with Crippen molar-refractivity contribution in [3.63, 3.8) is 0 Å². The smallest absolute Gasteiger partial charge is 0.313 e. The second kappa shape index (κ2) is 7.11. The minimum absolute atomic E-state index is 0.220. The highest BCUT2D eigenvalue weighted by Gasteiger charge is 2.20. The minimum atomic E-state index is -0.437. The Balaban J connectivity index is 1.79. The Bertz CT molecular complexity index is 510. The largest absolute Gasteiger partial charge is 0.455 e. The molecular formula is C16H22N2O3. The molecule has 1 aromatic carbocycles. The molecule has 0 heterocycles. The van der Waals surface area contributed by atoms with Crippen molar-refractivity contribution in [2.75, 3.05) is 12.3 Å². The van der Waals surface area contributed by atoms with Crippen LogP contribution in [0.25, 0.3) is 0 Å². The Morgan fingerprint density at radius 1 is 1.38 bits per heavy atom. The SMILES string of the molecule is CC(C(=O)OCC(=O)NC1CCCC1)c1cccc(N)c1. The number of hydrogen-bond donors (Lipinski definition) is 2. The van der Waals surface area contributed by atoms with Gasteiger partial charge in [-0.05, 0) is 37.5 Å². The van der Waals surface area contributed by atoms with Crippen LogP contribution >= 0.6 is 0 Å². The molecule has 5 nitrogen and oxygen atoms in total. The van der Waals surface area contributed by atoms with Gasteiger partial charge in [-0.2, -0.15) is 0 Å². The number of esters is 1.